The Morgan fingerprint density at radius 2 is 1.87 bits per heavy atom. The van der Waals surface area contributed by atoms with E-state index in [-0.39, 0.29) is 0 Å². The van der Waals surface area contributed by atoms with Gasteiger partial charge in [-0.15, -0.1) is 0 Å². The van der Waals surface area contributed by atoms with Crippen LogP contribution in [0.25, 0.3) is 10.8 Å². The Bertz CT molecular complexity index is 941. The van der Waals surface area contributed by atoms with E-state index in [2.05, 4.69) is 5.10 Å². The molecule has 0 fully saturated rings. The summed E-state index contributed by atoms with van der Waals surface area (Å²) in [7, 11) is 0. The van der Waals surface area contributed by atoms with Crippen LogP contribution in [-0.4, -0.2) is 26.0 Å². The summed E-state index contributed by atoms with van der Waals surface area (Å²) in [6, 6.07) is 13.9. The zero-order valence-electron chi connectivity index (χ0n) is 12.1. The van der Waals surface area contributed by atoms with Gasteiger partial charge in [-0.05, 0) is 22.8 Å². The van der Waals surface area contributed by atoms with E-state index in [1.54, 1.807) is 0 Å². The molecular weight excluding hydrogens is 296 g/mol. The SMILES string of the molecule is O=C(O)c1nn(CCc2cccc3ccccc23)cc(O)c1=O. The first kappa shape index (κ1) is 14.8. The minimum absolute atomic E-state index is 0.349. The molecule has 1 heterocycles. The Hall–Kier alpha value is -3.15. The van der Waals surface area contributed by atoms with Gasteiger partial charge in [-0.2, -0.15) is 5.10 Å². The maximum atomic E-state index is 11.5. The lowest BCUT2D eigenvalue weighted by atomic mass is 10.0. The topological polar surface area (TPSA) is 92.4 Å². The number of aromatic carboxylic acids is 1. The molecule has 2 N–H and O–H groups in total. The fraction of sp³-hybridized carbons (Fsp3) is 0.118. The van der Waals surface area contributed by atoms with Crippen LogP contribution in [0, 0.1) is 0 Å². The smallest absolute Gasteiger partial charge is 0.360 e. The van der Waals surface area contributed by atoms with E-state index in [0.29, 0.717) is 13.0 Å². The molecule has 0 radical (unpaired) electrons. The van der Waals surface area contributed by atoms with Gasteiger partial charge in [0.25, 0.3) is 5.43 Å². The Morgan fingerprint density at radius 1 is 1.13 bits per heavy atom. The molecular formula is C17H14N2O4. The molecule has 0 atom stereocenters. The first-order valence-electron chi connectivity index (χ1n) is 7.07. The van der Waals surface area contributed by atoms with Gasteiger partial charge in [-0.3, -0.25) is 9.48 Å². The number of aromatic nitrogens is 2. The Kier molecular flexibility index (Phi) is 3.80. The number of rotatable bonds is 4. The van der Waals surface area contributed by atoms with Crippen molar-refractivity contribution in [3.05, 3.63) is 70.1 Å². The summed E-state index contributed by atoms with van der Waals surface area (Å²) in [5.74, 6) is -2.07. The van der Waals surface area contributed by atoms with E-state index in [1.807, 2.05) is 42.5 Å². The maximum Gasteiger partial charge on any atom is 0.360 e. The van der Waals surface area contributed by atoms with E-state index >= 15 is 0 Å². The van der Waals surface area contributed by atoms with Gasteiger partial charge in [-0.1, -0.05) is 42.5 Å². The van der Waals surface area contributed by atoms with E-state index in [1.165, 1.54) is 4.68 Å². The van der Waals surface area contributed by atoms with Crippen LogP contribution in [0.1, 0.15) is 16.1 Å². The second-order valence-corrected chi connectivity index (χ2v) is 5.15. The molecule has 0 amide bonds. The molecule has 0 unspecified atom stereocenters. The highest BCUT2D eigenvalue weighted by atomic mass is 16.4. The normalized spacial score (nSPS) is 10.8. The average Bonchev–Trinajstić information content (AvgIpc) is 2.55. The molecule has 0 saturated heterocycles. The van der Waals surface area contributed by atoms with E-state index < -0.39 is 22.8 Å². The number of hydrogen-bond donors (Lipinski definition) is 2. The predicted octanol–water partition coefficient (Wildman–Crippen LogP) is 2.04. The summed E-state index contributed by atoms with van der Waals surface area (Å²) < 4.78 is 1.28. The maximum absolute atomic E-state index is 11.5. The zero-order chi connectivity index (χ0) is 16.4. The molecule has 0 aliphatic carbocycles. The molecule has 6 nitrogen and oxygen atoms in total. The van der Waals surface area contributed by atoms with Gasteiger partial charge in [0.05, 0.1) is 6.20 Å². The monoisotopic (exact) mass is 310 g/mol. The summed E-state index contributed by atoms with van der Waals surface area (Å²) in [6.45, 7) is 0.349. The van der Waals surface area contributed by atoms with Crippen LogP contribution < -0.4 is 5.43 Å². The molecule has 116 valence electrons. The van der Waals surface area contributed by atoms with Gasteiger partial charge in [-0.25, -0.2) is 4.79 Å². The van der Waals surface area contributed by atoms with Gasteiger partial charge < -0.3 is 10.2 Å². The van der Waals surface area contributed by atoms with Crippen molar-refractivity contribution in [3.8, 4) is 5.75 Å². The number of hydrogen-bond acceptors (Lipinski definition) is 4. The molecule has 3 rings (SSSR count). The Labute approximate surface area is 131 Å². The van der Waals surface area contributed by atoms with E-state index in [4.69, 9.17) is 5.11 Å². The highest BCUT2D eigenvalue weighted by Gasteiger charge is 2.15. The first-order chi connectivity index (χ1) is 11.1. The van der Waals surface area contributed by atoms with Crippen LogP contribution in [0.3, 0.4) is 0 Å². The summed E-state index contributed by atoms with van der Waals surface area (Å²) in [6.07, 6.45) is 1.75. The van der Waals surface area contributed by atoms with Crippen LogP contribution in [-0.2, 0) is 13.0 Å². The first-order valence-corrected chi connectivity index (χ1v) is 7.07. The molecule has 2 aromatic carbocycles. The van der Waals surface area contributed by atoms with Crippen molar-refractivity contribution in [2.75, 3.05) is 0 Å². The molecule has 0 saturated carbocycles. The lowest BCUT2D eigenvalue weighted by Gasteiger charge is -2.09. The predicted molar refractivity (Wildman–Crippen MR) is 84.8 cm³/mol. The number of aromatic hydroxyl groups is 1. The minimum Gasteiger partial charge on any atom is -0.503 e. The number of carboxylic acid groups (broad SMARTS) is 1. The average molecular weight is 310 g/mol. The van der Waals surface area contributed by atoms with Gasteiger partial charge in [0, 0.05) is 6.54 Å². The van der Waals surface area contributed by atoms with Crippen molar-refractivity contribution in [2.45, 2.75) is 13.0 Å². The molecule has 1 aromatic heterocycles. The minimum atomic E-state index is -1.45. The third-order valence-corrected chi connectivity index (χ3v) is 3.64. The van der Waals surface area contributed by atoms with E-state index in [0.717, 1.165) is 22.5 Å². The molecule has 23 heavy (non-hydrogen) atoms. The third-order valence-electron chi connectivity index (χ3n) is 3.64. The molecule has 6 heteroatoms. The fourth-order valence-electron chi connectivity index (χ4n) is 2.52. The number of benzene rings is 2. The third kappa shape index (κ3) is 2.91. The van der Waals surface area contributed by atoms with Crippen molar-refractivity contribution in [3.63, 3.8) is 0 Å². The van der Waals surface area contributed by atoms with Crippen LogP contribution in [0.2, 0.25) is 0 Å². The van der Waals surface area contributed by atoms with Crippen molar-refractivity contribution in [1.29, 1.82) is 0 Å². The summed E-state index contributed by atoms with van der Waals surface area (Å²) >= 11 is 0. The second kappa shape index (κ2) is 5.92. The summed E-state index contributed by atoms with van der Waals surface area (Å²) in [5.41, 5.74) is -0.568. The summed E-state index contributed by atoms with van der Waals surface area (Å²) in [4.78, 5) is 22.5. The van der Waals surface area contributed by atoms with Crippen molar-refractivity contribution < 1.29 is 15.0 Å². The lowest BCUT2D eigenvalue weighted by Crippen LogP contribution is -2.22. The zero-order valence-corrected chi connectivity index (χ0v) is 12.1. The molecule has 0 aliphatic rings. The van der Waals surface area contributed by atoms with Crippen molar-refractivity contribution in [2.24, 2.45) is 0 Å². The van der Waals surface area contributed by atoms with Gasteiger partial charge >= 0.3 is 5.97 Å². The van der Waals surface area contributed by atoms with Crippen LogP contribution >= 0.6 is 0 Å². The van der Waals surface area contributed by atoms with Crippen LogP contribution in [0.15, 0.2) is 53.5 Å². The Balaban J connectivity index is 1.91. The van der Waals surface area contributed by atoms with Crippen molar-refractivity contribution in [1.82, 2.24) is 9.78 Å². The number of fused-ring (bicyclic) bond motifs is 1. The Morgan fingerprint density at radius 3 is 2.65 bits per heavy atom. The van der Waals surface area contributed by atoms with Gasteiger partial charge in [0.15, 0.2) is 5.75 Å². The van der Waals surface area contributed by atoms with Gasteiger partial charge in [0.1, 0.15) is 0 Å². The highest BCUT2D eigenvalue weighted by molar-refractivity contribution is 5.86. The van der Waals surface area contributed by atoms with Crippen LogP contribution in [0.4, 0.5) is 0 Å². The number of nitrogens with zero attached hydrogens (tertiary/aromatic N) is 2. The molecule has 0 bridgehead atoms. The highest BCUT2D eigenvalue weighted by Crippen LogP contribution is 2.19. The number of aryl methyl sites for hydroxylation is 2. The molecule has 3 aromatic rings. The quantitative estimate of drug-likeness (QED) is 0.769. The van der Waals surface area contributed by atoms with Gasteiger partial charge in [0.2, 0.25) is 5.69 Å². The number of carbonyl (C=O) groups is 1. The van der Waals surface area contributed by atoms with E-state index in [9.17, 15) is 14.7 Å². The largest absolute Gasteiger partial charge is 0.503 e. The summed E-state index contributed by atoms with van der Waals surface area (Å²) in [5, 5.41) is 24.5. The molecule has 0 aliphatic heterocycles. The number of carboxylic acids is 1. The second-order valence-electron chi connectivity index (χ2n) is 5.15. The molecule has 0 spiro atoms. The lowest BCUT2D eigenvalue weighted by molar-refractivity contribution is 0.0685. The van der Waals surface area contributed by atoms with Crippen LogP contribution in [0.5, 0.6) is 5.75 Å². The van der Waals surface area contributed by atoms with Crippen molar-refractivity contribution >= 4 is 16.7 Å². The standard InChI is InChI=1S/C17H14N2O4/c20-14-10-19(18-15(16(14)21)17(22)23)9-8-12-6-3-5-11-4-1-2-7-13(11)12/h1-7,10,20H,8-9H2,(H,22,23). The fourth-order valence-corrected chi connectivity index (χ4v) is 2.52.